The van der Waals surface area contributed by atoms with E-state index in [9.17, 15) is 9.90 Å². The quantitative estimate of drug-likeness (QED) is 0.774. The van der Waals surface area contributed by atoms with Crippen LogP contribution < -0.4 is 5.73 Å². The molecule has 0 aliphatic heterocycles. The molecule has 4 N–H and O–H groups in total. The van der Waals surface area contributed by atoms with Gasteiger partial charge in [0.1, 0.15) is 5.75 Å². The summed E-state index contributed by atoms with van der Waals surface area (Å²) in [5.41, 5.74) is 6.28. The van der Waals surface area contributed by atoms with Crippen molar-refractivity contribution in [2.45, 2.75) is 18.8 Å². The number of aromatic hydroxyl groups is 1. The highest BCUT2D eigenvalue weighted by molar-refractivity contribution is 9.10. The third-order valence-corrected chi connectivity index (χ3v) is 2.92. The Morgan fingerprint density at radius 1 is 1.50 bits per heavy atom. The van der Waals surface area contributed by atoms with E-state index in [1.165, 1.54) is 0 Å². The maximum absolute atomic E-state index is 10.5. The van der Waals surface area contributed by atoms with Gasteiger partial charge in [-0.05, 0) is 30.7 Å². The van der Waals surface area contributed by atoms with Gasteiger partial charge in [-0.25, -0.2) is 0 Å². The van der Waals surface area contributed by atoms with Gasteiger partial charge in [-0.3, -0.25) is 4.79 Å². The Bertz CT molecular complexity index is 381. The summed E-state index contributed by atoms with van der Waals surface area (Å²) in [7, 11) is 0. The number of hydrogen-bond donors (Lipinski definition) is 3. The Balaban J connectivity index is 2.82. The fourth-order valence-electron chi connectivity index (χ4n) is 1.56. The predicted molar refractivity (Wildman–Crippen MR) is 64.5 cm³/mol. The van der Waals surface area contributed by atoms with Crippen molar-refractivity contribution in [1.29, 1.82) is 0 Å². The number of phenols is 1. The minimum atomic E-state index is -0.852. The van der Waals surface area contributed by atoms with E-state index < -0.39 is 5.97 Å². The van der Waals surface area contributed by atoms with E-state index in [0.717, 1.165) is 4.47 Å². The summed E-state index contributed by atoms with van der Waals surface area (Å²) in [6.07, 6.45) is 0.485. The van der Waals surface area contributed by atoms with Crippen molar-refractivity contribution in [3.63, 3.8) is 0 Å². The lowest BCUT2D eigenvalue weighted by molar-refractivity contribution is -0.137. The molecule has 1 unspecified atom stereocenters. The number of hydrogen-bond acceptors (Lipinski definition) is 3. The van der Waals surface area contributed by atoms with Gasteiger partial charge >= 0.3 is 5.97 Å². The fourth-order valence-corrected chi connectivity index (χ4v) is 1.91. The van der Waals surface area contributed by atoms with Crippen LogP contribution in [0.5, 0.6) is 5.75 Å². The molecule has 1 aromatic carbocycles. The summed E-state index contributed by atoms with van der Waals surface area (Å²) in [5.74, 6) is -0.825. The van der Waals surface area contributed by atoms with E-state index in [0.29, 0.717) is 18.5 Å². The van der Waals surface area contributed by atoms with Gasteiger partial charge in [-0.1, -0.05) is 22.0 Å². The zero-order chi connectivity index (χ0) is 12.1. The average Bonchev–Trinajstić information content (AvgIpc) is 2.21. The first-order valence-electron chi connectivity index (χ1n) is 4.95. The van der Waals surface area contributed by atoms with Crippen LogP contribution in [0.15, 0.2) is 22.7 Å². The number of rotatable bonds is 5. The summed E-state index contributed by atoms with van der Waals surface area (Å²) in [6, 6.07) is 5.15. The summed E-state index contributed by atoms with van der Waals surface area (Å²) in [4.78, 5) is 10.5. The van der Waals surface area contributed by atoms with Crippen LogP contribution in [-0.2, 0) is 4.79 Å². The second kappa shape index (κ2) is 5.86. The molecule has 0 saturated heterocycles. The average molecular weight is 288 g/mol. The van der Waals surface area contributed by atoms with Crippen LogP contribution in [0, 0.1) is 0 Å². The zero-order valence-corrected chi connectivity index (χ0v) is 10.3. The van der Waals surface area contributed by atoms with Crippen LogP contribution in [0.1, 0.15) is 24.3 Å². The molecule has 1 rings (SSSR count). The third kappa shape index (κ3) is 3.50. The van der Waals surface area contributed by atoms with Crippen LogP contribution in [-0.4, -0.2) is 22.7 Å². The molecule has 0 bridgehead atoms. The van der Waals surface area contributed by atoms with E-state index in [-0.39, 0.29) is 18.1 Å². The molecule has 16 heavy (non-hydrogen) atoms. The van der Waals surface area contributed by atoms with Crippen molar-refractivity contribution in [2.24, 2.45) is 5.73 Å². The molecule has 0 saturated carbocycles. The summed E-state index contributed by atoms with van der Waals surface area (Å²) >= 11 is 3.24. The maximum atomic E-state index is 10.5. The fraction of sp³-hybridized carbons (Fsp3) is 0.364. The minimum Gasteiger partial charge on any atom is -0.508 e. The largest absolute Gasteiger partial charge is 0.508 e. The number of carbonyl (C=O) groups is 1. The molecule has 0 spiro atoms. The van der Waals surface area contributed by atoms with Gasteiger partial charge in [0.15, 0.2) is 0 Å². The number of halogens is 1. The first-order chi connectivity index (χ1) is 7.54. The Hall–Kier alpha value is -1.07. The molecule has 0 amide bonds. The number of carboxylic acid groups (broad SMARTS) is 1. The van der Waals surface area contributed by atoms with Gasteiger partial charge in [-0.15, -0.1) is 0 Å². The molecule has 5 heteroatoms. The molecule has 1 aromatic rings. The number of carboxylic acids is 1. The highest BCUT2D eigenvalue weighted by Gasteiger charge is 2.15. The van der Waals surface area contributed by atoms with Crippen molar-refractivity contribution in [2.75, 3.05) is 6.54 Å². The Labute approximate surface area is 102 Å². The second-order valence-corrected chi connectivity index (χ2v) is 4.48. The third-order valence-electron chi connectivity index (χ3n) is 2.42. The van der Waals surface area contributed by atoms with Crippen molar-refractivity contribution in [1.82, 2.24) is 0 Å². The first kappa shape index (κ1) is 13.0. The summed E-state index contributed by atoms with van der Waals surface area (Å²) in [5, 5.41) is 18.3. The van der Waals surface area contributed by atoms with Crippen molar-refractivity contribution in [3.8, 4) is 5.75 Å². The van der Waals surface area contributed by atoms with Gasteiger partial charge in [0.25, 0.3) is 0 Å². The molecule has 0 aromatic heterocycles. The van der Waals surface area contributed by atoms with Gasteiger partial charge in [0.2, 0.25) is 0 Å². The molecule has 0 aliphatic carbocycles. The molecular formula is C11H14BrNO3. The number of phenolic OH excluding ortho intramolecular Hbond substituents is 1. The number of benzene rings is 1. The predicted octanol–water partition coefficient (Wildman–Crippen LogP) is 2.06. The van der Waals surface area contributed by atoms with Crippen molar-refractivity contribution >= 4 is 21.9 Å². The van der Waals surface area contributed by atoms with Crippen LogP contribution in [0.25, 0.3) is 0 Å². The van der Waals surface area contributed by atoms with Gasteiger partial charge in [0.05, 0.1) is 0 Å². The summed E-state index contributed by atoms with van der Waals surface area (Å²) in [6.45, 7) is 0.322. The van der Waals surface area contributed by atoms with E-state index >= 15 is 0 Å². The van der Waals surface area contributed by atoms with Gasteiger partial charge < -0.3 is 15.9 Å². The molecular weight excluding hydrogens is 274 g/mol. The second-order valence-electron chi connectivity index (χ2n) is 3.57. The van der Waals surface area contributed by atoms with Crippen LogP contribution in [0.2, 0.25) is 0 Å². The summed E-state index contributed by atoms with van der Waals surface area (Å²) < 4.78 is 0.780. The molecule has 88 valence electrons. The van der Waals surface area contributed by atoms with Gasteiger partial charge in [0, 0.05) is 16.8 Å². The SMILES string of the molecule is NCC(CCC(=O)O)c1ccc(Br)cc1O. The normalized spacial score (nSPS) is 12.4. The van der Waals surface area contributed by atoms with E-state index in [1.807, 2.05) is 0 Å². The lowest BCUT2D eigenvalue weighted by atomic mass is 9.93. The van der Waals surface area contributed by atoms with Crippen LogP contribution >= 0.6 is 15.9 Å². The lowest BCUT2D eigenvalue weighted by Crippen LogP contribution is -2.14. The lowest BCUT2D eigenvalue weighted by Gasteiger charge is -2.15. The minimum absolute atomic E-state index is 0.0529. The number of nitrogens with two attached hydrogens (primary N) is 1. The van der Waals surface area contributed by atoms with E-state index in [1.54, 1.807) is 18.2 Å². The topological polar surface area (TPSA) is 83.6 Å². The van der Waals surface area contributed by atoms with E-state index in [4.69, 9.17) is 10.8 Å². The van der Waals surface area contributed by atoms with Crippen molar-refractivity contribution in [3.05, 3.63) is 28.2 Å². The monoisotopic (exact) mass is 287 g/mol. The first-order valence-corrected chi connectivity index (χ1v) is 5.74. The Kier molecular flexibility index (Phi) is 4.76. The van der Waals surface area contributed by atoms with Crippen molar-refractivity contribution < 1.29 is 15.0 Å². The molecule has 0 aliphatic rings. The number of aliphatic carboxylic acids is 1. The molecule has 0 heterocycles. The molecule has 0 fully saturated rings. The molecule has 4 nitrogen and oxygen atoms in total. The van der Waals surface area contributed by atoms with E-state index in [2.05, 4.69) is 15.9 Å². The molecule has 1 atom stereocenters. The standard InChI is InChI=1S/C11H14BrNO3/c12-8-2-3-9(10(14)5-8)7(6-13)1-4-11(15)16/h2-3,5,7,14H,1,4,6,13H2,(H,15,16). The Morgan fingerprint density at radius 2 is 2.19 bits per heavy atom. The highest BCUT2D eigenvalue weighted by Crippen LogP contribution is 2.30. The van der Waals surface area contributed by atoms with Crippen LogP contribution in [0.4, 0.5) is 0 Å². The van der Waals surface area contributed by atoms with Gasteiger partial charge in [-0.2, -0.15) is 0 Å². The smallest absolute Gasteiger partial charge is 0.303 e. The zero-order valence-electron chi connectivity index (χ0n) is 8.69. The maximum Gasteiger partial charge on any atom is 0.303 e. The van der Waals surface area contributed by atoms with Crippen LogP contribution in [0.3, 0.4) is 0 Å². The highest BCUT2D eigenvalue weighted by atomic mass is 79.9. The Morgan fingerprint density at radius 3 is 2.69 bits per heavy atom. The molecule has 0 radical (unpaired) electrons.